The molecule has 1 heterocycles. The highest BCUT2D eigenvalue weighted by atomic mass is 127. The van der Waals surface area contributed by atoms with Gasteiger partial charge in [0.25, 0.3) is 0 Å². The van der Waals surface area contributed by atoms with Gasteiger partial charge >= 0.3 is 0 Å². The summed E-state index contributed by atoms with van der Waals surface area (Å²) >= 11 is 2.23. The van der Waals surface area contributed by atoms with Crippen molar-refractivity contribution in [2.45, 2.75) is 26.4 Å². The van der Waals surface area contributed by atoms with Gasteiger partial charge in [-0.3, -0.25) is 0 Å². The van der Waals surface area contributed by atoms with Crippen LogP contribution in [-0.2, 0) is 6.61 Å². The maximum atomic E-state index is 5.70. The monoisotopic (exact) mass is 383 g/mol. The summed E-state index contributed by atoms with van der Waals surface area (Å²) in [6.07, 6.45) is 2.15. The van der Waals surface area contributed by atoms with Crippen molar-refractivity contribution < 1.29 is 9.47 Å². The third-order valence-electron chi connectivity index (χ3n) is 2.75. The number of benzene rings is 1. The molecule has 0 aliphatic rings. The lowest BCUT2D eigenvalue weighted by atomic mass is 10.2. The van der Waals surface area contributed by atoms with Gasteiger partial charge in [0.15, 0.2) is 0 Å². The number of hydrogen-bond acceptors (Lipinski definition) is 3. The van der Waals surface area contributed by atoms with Gasteiger partial charge in [0, 0.05) is 6.07 Å². The van der Waals surface area contributed by atoms with Crippen molar-refractivity contribution in [3.8, 4) is 11.8 Å². The van der Waals surface area contributed by atoms with Crippen LogP contribution in [0.3, 0.4) is 0 Å². The lowest BCUT2D eigenvalue weighted by Gasteiger charge is -2.10. The standard InChI is InChI=1S/C16H18INO2/c1-2-3-11-19-16-14(17)9-10-15(18-16)20-12-13-7-5-4-6-8-13/h4-10H,2-3,11-12H2,1H3. The first-order valence-corrected chi connectivity index (χ1v) is 7.83. The number of pyridine rings is 1. The van der Waals surface area contributed by atoms with Crippen LogP contribution >= 0.6 is 22.6 Å². The molecule has 0 bridgehead atoms. The van der Waals surface area contributed by atoms with Crippen molar-refractivity contribution >= 4 is 22.6 Å². The fraction of sp³-hybridized carbons (Fsp3) is 0.312. The summed E-state index contributed by atoms with van der Waals surface area (Å²) < 4.78 is 12.4. The number of aromatic nitrogens is 1. The average molecular weight is 383 g/mol. The normalized spacial score (nSPS) is 10.3. The Balaban J connectivity index is 1.96. The number of unbranched alkanes of at least 4 members (excludes halogenated alkanes) is 1. The molecular formula is C16H18INO2. The Hall–Kier alpha value is -1.30. The smallest absolute Gasteiger partial charge is 0.230 e. The summed E-state index contributed by atoms with van der Waals surface area (Å²) in [6.45, 7) is 3.35. The molecule has 0 radical (unpaired) electrons. The van der Waals surface area contributed by atoms with Gasteiger partial charge in [-0.25, -0.2) is 0 Å². The molecule has 3 nitrogen and oxygen atoms in total. The molecule has 1 aromatic carbocycles. The number of ether oxygens (including phenoxy) is 2. The van der Waals surface area contributed by atoms with E-state index in [1.165, 1.54) is 0 Å². The molecule has 0 aliphatic heterocycles. The Morgan fingerprint density at radius 1 is 1.05 bits per heavy atom. The lowest BCUT2D eigenvalue weighted by molar-refractivity contribution is 0.269. The first-order valence-electron chi connectivity index (χ1n) is 6.75. The van der Waals surface area contributed by atoms with Gasteiger partial charge in [-0.2, -0.15) is 4.98 Å². The predicted octanol–water partition coefficient (Wildman–Crippen LogP) is 4.44. The van der Waals surface area contributed by atoms with Gasteiger partial charge in [0.2, 0.25) is 11.8 Å². The van der Waals surface area contributed by atoms with E-state index in [1.807, 2.05) is 42.5 Å². The van der Waals surface area contributed by atoms with Crippen LogP contribution in [0.2, 0.25) is 0 Å². The van der Waals surface area contributed by atoms with Crippen LogP contribution in [0.15, 0.2) is 42.5 Å². The summed E-state index contributed by atoms with van der Waals surface area (Å²) in [7, 11) is 0. The molecule has 1 aromatic heterocycles. The van der Waals surface area contributed by atoms with E-state index in [0.29, 0.717) is 25.0 Å². The van der Waals surface area contributed by atoms with Crippen molar-refractivity contribution in [3.05, 3.63) is 51.6 Å². The first-order chi connectivity index (χ1) is 9.79. The number of halogens is 1. The van der Waals surface area contributed by atoms with Crippen molar-refractivity contribution in [3.63, 3.8) is 0 Å². The van der Waals surface area contributed by atoms with Gasteiger partial charge in [-0.15, -0.1) is 0 Å². The van der Waals surface area contributed by atoms with Crippen LogP contribution in [0.25, 0.3) is 0 Å². The third kappa shape index (κ3) is 4.67. The number of nitrogens with zero attached hydrogens (tertiary/aromatic N) is 1. The van der Waals surface area contributed by atoms with Crippen LogP contribution in [0.1, 0.15) is 25.3 Å². The highest BCUT2D eigenvalue weighted by molar-refractivity contribution is 14.1. The Morgan fingerprint density at radius 3 is 2.60 bits per heavy atom. The zero-order chi connectivity index (χ0) is 14.2. The molecular weight excluding hydrogens is 365 g/mol. The van der Waals surface area contributed by atoms with E-state index in [9.17, 15) is 0 Å². The van der Waals surface area contributed by atoms with Gasteiger partial charge < -0.3 is 9.47 Å². The quantitative estimate of drug-likeness (QED) is 0.523. The zero-order valence-corrected chi connectivity index (χ0v) is 13.7. The van der Waals surface area contributed by atoms with Crippen LogP contribution < -0.4 is 9.47 Å². The Morgan fingerprint density at radius 2 is 1.85 bits per heavy atom. The topological polar surface area (TPSA) is 31.4 Å². The van der Waals surface area contributed by atoms with Gasteiger partial charge in [0.05, 0.1) is 10.2 Å². The molecule has 106 valence electrons. The molecule has 0 fully saturated rings. The average Bonchev–Trinajstić information content (AvgIpc) is 2.49. The molecule has 0 unspecified atom stereocenters. The molecule has 0 N–H and O–H groups in total. The second kappa shape index (κ2) is 8.09. The van der Waals surface area contributed by atoms with Crippen LogP contribution in [0, 0.1) is 3.57 Å². The lowest BCUT2D eigenvalue weighted by Crippen LogP contribution is -2.03. The SMILES string of the molecule is CCCCOc1nc(OCc2ccccc2)ccc1I. The van der Waals surface area contributed by atoms with Gasteiger partial charge in [-0.1, -0.05) is 43.7 Å². The van der Waals surface area contributed by atoms with Crippen LogP contribution in [-0.4, -0.2) is 11.6 Å². The van der Waals surface area contributed by atoms with Crippen LogP contribution in [0.5, 0.6) is 11.8 Å². The molecule has 2 aromatic rings. The molecule has 0 spiro atoms. The molecule has 0 saturated carbocycles. The van der Waals surface area contributed by atoms with E-state index in [1.54, 1.807) is 0 Å². The minimum atomic E-state index is 0.517. The summed E-state index contributed by atoms with van der Waals surface area (Å²) in [6, 6.07) is 13.9. The predicted molar refractivity (Wildman–Crippen MR) is 88.1 cm³/mol. The molecule has 4 heteroatoms. The highest BCUT2D eigenvalue weighted by Gasteiger charge is 2.06. The van der Waals surface area contributed by atoms with E-state index >= 15 is 0 Å². The van der Waals surface area contributed by atoms with Crippen molar-refractivity contribution in [2.75, 3.05) is 6.61 Å². The molecule has 2 rings (SSSR count). The maximum Gasteiger partial charge on any atom is 0.230 e. The largest absolute Gasteiger partial charge is 0.477 e. The molecule has 0 atom stereocenters. The fourth-order valence-corrected chi connectivity index (χ4v) is 2.09. The highest BCUT2D eigenvalue weighted by Crippen LogP contribution is 2.22. The Labute approximate surface area is 133 Å². The third-order valence-corrected chi connectivity index (χ3v) is 3.58. The second-order valence-corrected chi connectivity index (χ2v) is 5.57. The molecule has 0 aliphatic carbocycles. The van der Waals surface area contributed by atoms with Crippen LogP contribution in [0.4, 0.5) is 0 Å². The maximum absolute atomic E-state index is 5.70. The van der Waals surface area contributed by atoms with Crippen molar-refractivity contribution in [2.24, 2.45) is 0 Å². The molecule has 20 heavy (non-hydrogen) atoms. The Kier molecular flexibility index (Phi) is 6.11. The summed E-state index contributed by atoms with van der Waals surface area (Å²) in [5.74, 6) is 1.25. The van der Waals surface area contributed by atoms with Crippen molar-refractivity contribution in [1.29, 1.82) is 0 Å². The van der Waals surface area contributed by atoms with E-state index < -0.39 is 0 Å². The molecule has 0 amide bonds. The summed E-state index contributed by atoms with van der Waals surface area (Å²) in [5.41, 5.74) is 1.13. The fourth-order valence-electron chi connectivity index (χ4n) is 1.63. The van der Waals surface area contributed by atoms with Gasteiger partial charge in [-0.05, 0) is 40.6 Å². The second-order valence-electron chi connectivity index (χ2n) is 4.41. The minimum Gasteiger partial charge on any atom is -0.477 e. The van der Waals surface area contributed by atoms with E-state index in [-0.39, 0.29) is 0 Å². The molecule has 0 saturated heterocycles. The first kappa shape index (κ1) is 15.1. The summed E-state index contributed by atoms with van der Waals surface area (Å²) in [5, 5.41) is 0. The van der Waals surface area contributed by atoms with E-state index in [4.69, 9.17) is 9.47 Å². The van der Waals surface area contributed by atoms with Crippen molar-refractivity contribution in [1.82, 2.24) is 4.98 Å². The summed E-state index contributed by atoms with van der Waals surface area (Å²) in [4.78, 5) is 4.41. The van der Waals surface area contributed by atoms with Gasteiger partial charge in [0.1, 0.15) is 6.61 Å². The van der Waals surface area contributed by atoms with E-state index in [0.717, 1.165) is 22.0 Å². The number of hydrogen-bond donors (Lipinski definition) is 0. The van der Waals surface area contributed by atoms with E-state index in [2.05, 4.69) is 34.5 Å². The number of rotatable bonds is 7. The zero-order valence-electron chi connectivity index (χ0n) is 11.5. The minimum absolute atomic E-state index is 0.517. The Bertz CT molecular complexity index is 531.